The summed E-state index contributed by atoms with van der Waals surface area (Å²) < 4.78 is 0. The zero-order chi connectivity index (χ0) is 12.8. The summed E-state index contributed by atoms with van der Waals surface area (Å²) in [6.45, 7) is 0. The molecule has 0 spiro atoms. The van der Waals surface area contributed by atoms with E-state index in [0.717, 1.165) is 62.5 Å². The van der Waals surface area contributed by atoms with Gasteiger partial charge in [0.1, 0.15) is 0 Å². The second kappa shape index (κ2) is 8.31. The minimum Gasteiger partial charge on any atom is -0.285 e. The first-order valence-corrected chi connectivity index (χ1v) is 7.26. The molecule has 19 heavy (non-hydrogen) atoms. The molecule has 106 valence electrons. The van der Waals surface area contributed by atoms with Crippen LogP contribution in [0.4, 0.5) is 0 Å². The van der Waals surface area contributed by atoms with Crippen LogP contribution >= 0.6 is 12.4 Å². The molecule has 0 aromatic carbocycles. The predicted octanol–water partition coefficient (Wildman–Crippen LogP) is 4.33. The summed E-state index contributed by atoms with van der Waals surface area (Å²) in [4.78, 5) is 24.4. The van der Waals surface area contributed by atoms with E-state index in [-0.39, 0.29) is 24.0 Å². The van der Waals surface area contributed by atoms with Crippen molar-refractivity contribution < 1.29 is 9.59 Å². The van der Waals surface area contributed by atoms with Crippen LogP contribution in [-0.2, 0) is 9.59 Å². The number of hydrogen-bond donors (Lipinski definition) is 0. The Labute approximate surface area is 121 Å². The van der Waals surface area contributed by atoms with Crippen LogP contribution in [0.15, 0.2) is 23.3 Å². The normalized spacial score (nSPS) is 20.2. The summed E-state index contributed by atoms with van der Waals surface area (Å²) in [6.07, 6.45) is 14.2. The summed E-state index contributed by atoms with van der Waals surface area (Å²) in [7, 11) is 0. The second-order valence-electron chi connectivity index (χ2n) is 5.32. The number of hydrogen-bond acceptors (Lipinski definition) is 2. The van der Waals surface area contributed by atoms with E-state index in [1.165, 1.54) is 12.8 Å². The van der Waals surface area contributed by atoms with Gasteiger partial charge in [0.15, 0.2) is 0 Å². The standard InChI is InChI=1S/C16H22O2.ClH/c17-15(13-9-5-1-2-6-10-13)16(18)14-11-7-3-4-8-12-14;/h9,11H,1-8,10,12H2;1H. The van der Waals surface area contributed by atoms with Gasteiger partial charge in [-0.3, -0.25) is 9.59 Å². The molecule has 0 heterocycles. The molecule has 0 aromatic heterocycles. The van der Waals surface area contributed by atoms with Crippen molar-refractivity contribution in [2.75, 3.05) is 0 Å². The van der Waals surface area contributed by atoms with Gasteiger partial charge in [0.2, 0.25) is 11.6 Å². The summed E-state index contributed by atoms with van der Waals surface area (Å²) in [5, 5.41) is 0. The van der Waals surface area contributed by atoms with Crippen molar-refractivity contribution in [1.29, 1.82) is 0 Å². The molecule has 0 saturated carbocycles. The van der Waals surface area contributed by atoms with Crippen molar-refractivity contribution in [2.45, 2.75) is 64.2 Å². The highest BCUT2D eigenvalue weighted by molar-refractivity contribution is 6.48. The number of allylic oxidation sites excluding steroid dienone is 4. The Bertz CT molecular complexity index is 356. The molecule has 0 aliphatic heterocycles. The molecule has 0 radical (unpaired) electrons. The molecule has 0 atom stereocenters. The largest absolute Gasteiger partial charge is 0.285 e. The van der Waals surface area contributed by atoms with Gasteiger partial charge in [-0.15, -0.1) is 12.4 Å². The van der Waals surface area contributed by atoms with Crippen molar-refractivity contribution in [3.63, 3.8) is 0 Å². The maximum absolute atomic E-state index is 12.2. The molecular weight excluding hydrogens is 260 g/mol. The van der Waals surface area contributed by atoms with Gasteiger partial charge >= 0.3 is 0 Å². The highest BCUT2D eigenvalue weighted by Gasteiger charge is 2.23. The van der Waals surface area contributed by atoms with Gasteiger partial charge in [0, 0.05) is 0 Å². The lowest BCUT2D eigenvalue weighted by Crippen LogP contribution is -2.18. The van der Waals surface area contributed by atoms with Crippen LogP contribution in [0.1, 0.15) is 64.2 Å². The second-order valence-corrected chi connectivity index (χ2v) is 5.32. The third kappa shape index (κ3) is 4.61. The first-order chi connectivity index (χ1) is 8.79. The number of carbonyl (C=O) groups is 2. The molecule has 0 amide bonds. The Kier molecular flexibility index (Phi) is 7.07. The molecule has 0 saturated heterocycles. The third-order valence-corrected chi connectivity index (χ3v) is 3.87. The van der Waals surface area contributed by atoms with Crippen LogP contribution in [0, 0.1) is 0 Å². The maximum atomic E-state index is 12.2. The van der Waals surface area contributed by atoms with Crippen molar-refractivity contribution in [1.82, 2.24) is 0 Å². The van der Waals surface area contributed by atoms with E-state index in [1.807, 2.05) is 12.2 Å². The Morgan fingerprint density at radius 1 is 0.684 bits per heavy atom. The van der Waals surface area contributed by atoms with E-state index in [2.05, 4.69) is 0 Å². The molecule has 0 unspecified atom stereocenters. The SMILES string of the molecule is Cl.O=C(C(=O)C1=CCCCCC1)C1=CCCCCC1. The quantitative estimate of drug-likeness (QED) is 0.722. The van der Waals surface area contributed by atoms with Gasteiger partial charge in [-0.1, -0.05) is 25.0 Å². The Morgan fingerprint density at radius 3 is 1.53 bits per heavy atom. The van der Waals surface area contributed by atoms with Crippen LogP contribution in [0.25, 0.3) is 0 Å². The number of carbonyl (C=O) groups excluding carboxylic acids is 2. The van der Waals surface area contributed by atoms with Crippen LogP contribution in [0.3, 0.4) is 0 Å². The molecule has 2 aliphatic carbocycles. The molecule has 2 aliphatic rings. The fraction of sp³-hybridized carbons (Fsp3) is 0.625. The minimum atomic E-state index is -0.231. The highest BCUT2D eigenvalue weighted by Crippen LogP contribution is 2.22. The van der Waals surface area contributed by atoms with E-state index < -0.39 is 0 Å². The maximum Gasteiger partial charge on any atom is 0.228 e. The third-order valence-electron chi connectivity index (χ3n) is 3.87. The van der Waals surface area contributed by atoms with E-state index in [9.17, 15) is 9.59 Å². The number of rotatable bonds is 3. The minimum absolute atomic E-state index is 0. The number of Topliss-reactive ketones (excluding diaryl/α,β-unsaturated/α-hetero) is 2. The summed E-state index contributed by atoms with van der Waals surface area (Å²) in [6, 6.07) is 0. The van der Waals surface area contributed by atoms with Crippen LogP contribution in [0.5, 0.6) is 0 Å². The molecular formula is C16H23ClO2. The van der Waals surface area contributed by atoms with E-state index in [0.29, 0.717) is 0 Å². The summed E-state index contributed by atoms with van der Waals surface area (Å²) in [5.41, 5.74) is 1.53. The van der Waals surface area contributed by atoms with Gasteiger partial charge in [0.05, 0.1) is 0 Å². The van der Waals surface area contributed by atoms with Crippen molar-refractivity contribution in [3.05, 3.63) is 23.3 Å². The predicted molar refractivity (Wildman–Crippen MR) is 79.6 cm³/mol. The molecule has 0 bridgehead atoms. The topological polar surface area (TPSA) is 34.1 Å². The first-order valence-electron chi connectivity index (χ1n) is 7.26. The fourth-order valence-electron chi connectivity index (χ4n) is 2.73. The lowest BCUT2D eigenvalue weighted by Gasteiger charge is -2.06. The molecule has 0 N–H and O–H groups in total. The Balaban J connectivity index is 0.00000180. The average molecular weight is 283 g/mol. The smallest absolute Gasteiger partial charge is 0.228 e. The van der Waals surface area contributed by atoms with E-state index in [1.54, 1.807) is 0 Å². The van der Waals surface area contributed by atoms with Gasteiger partial charge in [-0.25, -0.2) is 0 Å². The molecule has 3 heteroatoms. The molecule has 0 aromatic rings. The van der Waals surface area contributed by atoms with Crippen LogP contribution < -0.4 is 0 Å². The zero-order valence-corrected chi connectivity index (χ0v) is 12.3. The molecule has 2 rings (SSSR count). The Hall–Kier alpha value is -0.890. The van der Waals surface area contributed by atoms with E-state index in [4.69, 9.17) is 0 Å². The number of halogens is 1. The average Bonchev–Trinajstić information content (AvgIpc) is 2.81. The lowest BCUT2D eigenvalue weighted by molar-refractivity contribution is -0.132. The van der Waals surface area contributed by atoms with Gasteiger partial charge in [-0.2, -0.15) is 0 Å². The van der Waals surface area contributed by atoms with E-state index >= 15 is 0 Å². The van der Waals surface area contributed by atoms with Gasteiger partial charge in [-0.05, 0) is 62.5 Å². The fourth-order valence-corrected chi connectivity index (χ4v) is 2.73. The van der Waals surface area contributed by atoms with Crippen LogP contribution in [-0.4, -0.2) is 11.6 Å². The Morgan fingerprint density at radius 2 is 1.11 bits per heavy atom. The van der Waals surface area contributed by atoms with Gasteiger partial charge < -0.3 is 0 Å². The number of ketones is 2. The zero-order valence-electron chi connectivity index (χ0n) is 11.5. The first kappa shape index (κ1) is 16.2. The van der Waals surface area contributed by atoms with Crippen molar-refractivity contribution in [2.24, 2.45) is 0 Å². The lowest BCUT2D eigenvalue weighted by atomic mass is 9.96. The monoisotopic (exact) mass is 282 g/mol. The molecule has 0 fully saturated rings. The van der Waals surface area contributed by atoms with Crippen molar-refractivity contribution >= 4 is 24.0 Å². The van der Waals surface area contributed by atoms with Crippen LogP contribution in [0.2, 0.25) is 0 Å². The highest BCUT2D eigenvalue weighted by atomic mass is 35.5. The summed E-state index contributed by atoms with van der Waals surface area (Å²) in [5.74, 6) is -0.463. The van der Waals surface area contributed by atoms with Gasteiger partial charge in [0.25, 0.3) is 0 Å². The summed E-state index contributed by atoms with van der Waals surface area (Å²) >= 11 is 0. The van der Waals surface area contributed by atoms with Crippen molar-refractivity contribution in [3.8, 4) is 0 Å². The molecule has 2 nitrogen and oxygen atoms in total.